The van der Waals surface area contributed by atoms with Gasteiger partial charge in [0.15, 0.2) is 0 Å². The first-order valence-electron chi connectivity index (χ1n) is 12.0. The van der Waals surface area contributed by atoms with E-state index in [1.165, 1.54) is 31.4 Å². The molecule has 1 unspecified atom stereocenters. The van der Waals surface area contributed by atoms with E-state index >= 15 is 0 Å². The Morgan fingerprint density at radius 3 is 2.25 bits per heavy atom. The smallest absolute Gasteiger partial charge is 0.269 e. The van der Waals surface area contributed by atoms with Gasteiger partial charge < -0.3 is 15.5 Å². The van der Waals surface area contributed by atoms with Crippen LogP contribution in [0.1, 0.15) is 51.4 Å². The van der Waals surface area contributed by atoms with Crippen LogP contribution in [-0.2, 0) is 9.59 Å². The molecule has 1 saturated heterocycles. The van der Waals surface area contributed by atoms with Crippen LogP contribution in [0.4, 0.5) is 11.4 Å². The van der Waals surface area contributed by atoms with Gasteiger partial charge in [0.2, 0.25) is 11.8 Å². The predicted molar refractivity (Wildman–Crippen MR) is 120 cm³/mol. The second kappa shape index (κ2) is 8.37. The van der Waals surface area contributed by atoms with Crippen molar-refractivity contribution in [3.05, 3.63) is 34.4 Å². The number of anilines is 1. The molecule has 4 saturated carbocycles. The molecule has 5 aliphatic rings. The van der Waals surface area contributed by atoms with Gasteiger partial charge in [-0.25, -0.2) is 0 Å². The van der Waals surface area contributed by atoms with Gasteiger partial charge in [-0.2, -0.15) is 0 Å². The lowest BCUT2D eigenvalue weighted by molar-refractivity contribution is -0.384. The van der Waals surface area contributed by atoms with Gasteiger partial charge >= 0.3 is 0 Å². The van der Waals surface area contributed by atoms with Crippen LogP contribution >= 0.6 is 0 Å². The molecule has 0 spiro atoms. The fraction of sp³-hybridized carbons (Fsp3) is 0.667. The average molecular weight is 441 g/mol. The highest BCUT2D eigenvalue weighted by molar-refractivity contribution is 5.91. The zero-order chi connectivity index (χ0) is 22.3. The fourth-order valence-corrected chi connectivity index (χ4v) is 7.17. The number of amides is 2. The molecule has 8 nitrogen and oxygen atoms in total. The number of rotatable bonds is 7. The summed E-state index contributed by atoms with van der Waals surface area (Å²) in [4.78, 5) is 38.8. The number of nitro benzene ring substituents is 1. The topological polar surface area (TPSA) is 105 Å². The maximum absolute atomic E-state index is 13.7. The predicted octanol–water partition coefficient (Wildman–Crippen LogP) is 3.33. The van der Waals surface area contributed by atoms with Crippen molar-refractivity contribution < 1.29 is 14.5 Å². The number of nitro groups is 1. The van der Waals surface area contributed by atoms with Gasteiger partial charge in [0.1, 0.15) is 6.04 Å². The normalized spacial score (nSPS) is 32.7. The van der Waals surface area contributed by atoms with E-state index in [-0.39, 0.29) is 29.0 Å². The second-order valence-electron chi connectivity index (χ2n) is 10.4. The molecule has 4 bridgehead atoms. The summed E-state index contributed by atoms with van der Waals surface area (Å²) in [5, 5.41) is 16.9. The van der Waals surface area contributed by atoms with Crippen LogP contribution in [0.15, 0.2) is 24.3 Å². The minimum absolute atomic E-state index is 0.0499. The molecule has 1 aromatic carbocycles. The quantitative estimate of drug-likeness (QED) is 0.384. The molecular formula is C24H32N4O4. The summed E-state index contributed by atoms with van der Waals surface area (Å²) < 4.78 is 0. The molecule has 1 aromatic rings. The third-order valence-corrected chi connectivity index (χ3v) is 8.14. The highest BCUT2D eigenvalue weighted by atomic mass is 16.6. The highest BCUT2D eigenvalue weighted by Gasteiger charge is 2.56. The van der Waals surface area contributed by atoms with E-state index in [4.69, 9.17) is 0 Å². The van der Waals surface area contributed by atoms with Gasteiger partial charge in [-0.3, -0.25) is 19.7 Å². The Kier molecular flexibility index (Phi) is 5.55. The number of benzene rings is 1. The van der Waals surface area contributed by atoms with Crippen molar-refractivity contribution in [2.45, 2.75) is 57.4 Å². The van der Waals surface area contributed by atoms with Crippen LogP contribution in [0.2, 0.25) is 0 Å². The van der Waals surface area contributed by atoms with E-state index in [1.54, 1.807) is 12.1 Å². The number of non-ortho nitro benzene ring substituents is 1. The second-order valence-corrected chi connectivity index (χ2v) is 10.4. The van der Waals surface area contributed by atoms with E-state index in [1.807, 2.05) is 4.90 Å². The molecule has 5 fully saturated rings. The largest absolute Gasteiger partial charge is 0.383 e. The third-order valence-electron chi connectivity index (χ3n) is 8.14. The Morgan fingerprint density at radius 2 is 1.66 bits per heavy atom. The maximum Gasteiger partial charge on any atom is 0.269 e. The number of hydrogen-bond donors (Lipinski definition) is 2. The molecule has 172 valence electrons. The van der Waals surface area contributed by atoms with Crippen molar-refractivity contribution in [1.82, 2.24) is 10.2 Å². The van der Waals surface area contributed by atoms with E-state index < -0.39 is 4.92 Å². The molecule has 1 atom stereocenters. The zero-order valence-corrected chi connectivity index (χ0v) is 18.4. The van der Waals surface area contributed by atoms with Gasteiger partial charge in [-0.1, -0.05) is 0 Å². The summed E-state index contributed by atoms with van der Waals surface area (Å²) in [6, 6.07) is 5.86. The Morgan fingerprint density at radius 1 is 1.03 bits per heavy atom. The number of nitrogens with zero attached hydrogens (tertiary/aromatic N) is 2. The van der Waals surface area contributed by atoms with Gasteiger partial charge in [-0.05, 0) is 81.3 Å². The van der Waals surface area contributed by atoms with Gasteiger partial charge in [-0.15, -0.1) is 0 Å². The third kappa shape index (κ3) is 3.95. The van der Waals surface area contributed by atoms with Gasteiger partial charge in [0, 0.05) is 37.5 Å². The minimum atomic E-state index is -0.429. The van der Waals surface area contributed by atoms with E-state index in [2.05, 4.69) is 10.6 Å². The molecule has 0 aromatic heterocycles. The average Bonchev–Trinajstić information content (AvgIpc) is 3.25. The molecule has 4 aliphatic carbocycles. The molecule has 32 heavy (non-hydrogen) atoms. The van der Waals surface area contributed by atoms with Gasteiger partial charge in [0.05, 0.1) is 10.3 Å². The van der Waals surface area contributed by atoms with Crippen molar-refractivity contribution in [2.75, 3.05) is 25.0 Å². The monoisotopic (exact) mass is 440 g/mol. The number of likely N-dealkylation sites (tertiary alicyclic amines) is 1. The molecule has 2 amide bonds. The van der Waals surface area contributed by atoms with Crippen LogP contribution in [0.5, 0.6) is 0 Å². The highest BCUT2D eigenvalue weighted by Crippen LogP contribution is 2.60. The van der Waals surface area contributed by atoms with Crippen LogP contribution in [0.25, 0.3) is 0 Å². The molecule has 6 rings (SSSR count). The van der Waals surface area contributed by atoms with Crippen molar-refractivity contribution in [1.29, 1.82) is 0 Å². The Hall–Kier alpha value is -2.64. The van der Waals surface area contributed by atoms with Crippen LogP contribution in [0, 0.1) is 33.3 Å². The molecular weight excluding hydrogens is 408 g/mol. The fourth-order valence-electron chi connectivity index (χ4n) is 7.17. The summed E-state index contributed by atoms with van der Waals surface area (Å²) in [6.45, 7) is 1.64. The Labute approximate surface area is 188 Å². The van der Waals surface area contributed by atoms with Gasteiger partial charge in [0.25, 0.3) is 5.69 Å². The van der Waals surface area contributed by atoms with Crippen molar-refractivity contribution in [2.24, 2.45) is 23.2 Å². The zero-order valence-electron chi connectivity index (χ0n) is 18.4. The first-order valence-corrected chi connectivity index (χ1v) is 12.0. The molecule has 0 radical (unpaired) electrons. The summed E-state index contributed by atoms with van der Waals surface area (Å²) in [7, 11) is 0. The minimum Gasteiger partial charge on any atom is -0.383 e. The number of carbonyl (C=O) groups is 2. The van der Waals surface area contributed by atoms with Crippen LogP contribution in [0.3, 0.4) is 0 Å². The van der Waals surface area contributed by atoms with E-state index in [0.29, 0.717) is 37.4 Å². The first-order chi connectivity index (χ1) is 15.4. The van der Waals surface area contributed by atoms with Crippen molar-refractivity contribution >= 4 is 23.2 Å². The lowest BCUT2D eigenvalue weighted by Gasteiger charge is -2.56. The molecule has 1 aliphatic heterocycles. The Bertz CT molecular complexity index is 864. The molecule has 2 N–H and O–H groups in total. The first kappa shape index (κ1) is 21.2. The summed E-state index contributed by atoms with van der Waals surface area (Å²) >= 11 is 0. The van der Waals surface area contributed by atoms with E-state index in [0.717, 1.165) is 37.8 Å². The lowest BCUT2D eigenvalue weighted by Crippen LogP contribution is -2.57. The van der Waals surface area contributed by atoms with Crippen molar-refractivity contribution in [3.8, 4) is 0 Å². The van der Waals surface area contributed by atoms with E-state index in [9.17, 15) is 19.7 Å². The summed E-state index contributed by atoms with van der Waals surface area (Å²) in [5.74, 6) is 2.33. The number of carbonyl (C=O) groups excluding carboxylic acids is 2. The number of hydrogen-bond acceptors (Lipinski definition) is 5. The standard InChI is InChI=1S/C24H32N4O4/c29-22(26-8-7-25-19-3-5-20(6-4-19)28(31)32)21-2-1-9-27(21)23(30)24-13-16-10-17(14-24)12-18(11-16)15-24/h3-6,16-18,21,25H,1-2,7-15H2,(H,26,29). The maximum atomic E-state index is 13.7. The number of nitrogens with one attached hydrogen (secondary N) is 2. The molecule has 8 heteroatoms. The SMILES string of the molecule is O=C(NCCNc1ccc([N+](=O)[O-])cc1)C1CCCN1C(=O)C12CC3CC(CC(C3)C1)C2. The van der Waals surface area contributed by atoms with Crippen LogP contribution < -0.4 is 10.6 Å². The Balaban J connectivity index is 1.14. The summed E-state index contributed by atoms with van der Waals surface area (Å²) in [5.41, 5.74) is 0.618. The van der Waals surface area contributed by atoms with Crippen LogP contribution in [-0.4, -0.2) is 47.3 Å². The summed E-state index contributed by atoms with van der Waals surface area (Å²) in [6.07, 6.45) is 8.62. The van der Waals surface area contributed by atoms with Crippen molar-refractivity contribution in [3.63, 3.8) is 0 Å². The molecule has 1 heterocycles. The lowest BCUT2D eigenvalue weighted by atomic mass is 9.49.